The predicted molar refractivity (Wildman–Crippen MR) is 94.6 cm³/mol. The lowest BCUT2D eigenvalue weighted by atomic mass is 9.46. The van der Waals surface area contributed by atoms with Crippen molar-refractivity contribution in [1.82, 2.24) is 0 Å². The van der Waals surface area contributed by atoms with E-state index in [0.29, 0.717) is 17.6 Å². The minimum absolute atomic E-state index is 0.127. The second-order valence-corrected chi connectivity index (χ2v) is 8.40. The van der Waals surface area contributed by atoms with Gasteiger partial charge in [0.25, 0.3) is 0 Å². The minimum atomic E-state index is 0.127. The van der Waals surface area contributed by atoms with E-state index in [1.54, 1.807) is 18.2 Å². The first-order chi connectivity index (χ1) is 10.8. The first-order valence-electron chi connectivity index (χ1n) is 8.96. The number of hydrogen-bond acceptors (Lipinski definition) is 2. The van der Waals surface area contributed by atoms with Crippen LogP contribution in [0.1, 0.15) is 58.4 Å². The lowest BCUT2D eigenvalue weighted by Gasteiger charge is -2.58. The summed E-state index contributed by atoms with van der Waals surface area (Å²) < 4.78 is 0. The molecule has 2 saturated carbocycles. The lowest BCUT2D eigenvalue weighted by Crippen LogP contribution is -2.51. The van der Waals surface area contributed by atoms with Crippen LogP contribution < -0.4 is 0 Å². The number of phenols is 2. The molecule has 2 heteroatoms. The molecular weight excluding hydrogens is 284 g/mol. The molecule has 4 atom stereocenters. The average molecular weight is 314 g/mol. The molecule has 3 rings (SSSR count). The van der Waals surface area contributed by atoms with Crippen molar-refractivity contribution in [2.75, 3.05) is 0 Å². The topological polar surface area (TPSA) is 40.5 Å². The molecule has 0 heterocycles. The Hall–Kier alpha value is -1.44. The van der Waals surface area contributed by atoms with Crippen LogP contribution in [0.2, 0.25) is 0 Å². The Balaban J connectivity index is 1.99. The first-order valence-corrected chi connectivity index (χ1v) is 8.96. The van der Waals surface area contributed by atoms with Gasteiger partial charge in [-0.15, -0.1) is 0 Å². The maximum atomic E-state index is 10.2. The van der Waals surface area contributed by atoms with Crippen molar-refractivity contribution in [2.24, 2.45) is 22.7 Å². The van der Waals surface area contributed by atoms with E-state index in [4.69, 9.17) is 0 Å². The van der Waals surface area contributed by atoms with Crippen molar-refractivity contribution in [3.05, 3.63) is 35.9 Å². The molecule has 2 nitrogen and oxygen atoms in total. The number of allylic oxidation sites excluding steroid dienone is 1. The summed E-state index contributed by atoms with van der Waals surface area (Å²) in [6.45, 7) is 11.6. The summed E-state index contributed by atoms with van der Waals surface area (Å²) in [6.07, 6.45) is 6.90. The summed E-state index contributed by atoms with van der Waals surface area (Å²) >= 11 is 0. The van der Waals surface area contributed by atoms with Crippen LogP contribution in [-0.2, 0) is 6.42 Å². The van der Waals surface area contributed by atoms with E-state index >= 15 is 0 Å². The highest BCUT2D eigenvalue weighted by molar-refractivity contribution is 5.39. The Labute approximate surface area is 140 Å². The number of benzene rings is 1. The third-order valence-corrected chi connectivity index (χ3v) is 7.20. The van der Waals surface area contributed by atoms with Crippen molar-refractivity contribution in [3.63, 3.8) is 0 Å². The number of hydrogen-bond donors (Lipinski definition) is 2. The molecule has 2 aliphatic rings. The zero-order valence-corrected chi connectivity index (χ0v) is 14.7. The fraction of sp³-hybridized carbons (Fsp3) is 0.619. The van der Waals surface area contributed by atoms with Crippen molar-refractivity contribution in [2.45, 2.75) is 59.3 Å². The highest BCUT2D eigenvalue weighted by Crippen LogP contribution is 2.62. The van der Waals surface area contributed by atoms with Crippen molar-refractivity contribution < 1.29 is 10.2 Å². The van der Waals surface area contributed by atoms with E-state index in [0.717, 1.165) is 18.4 Å². The number of aromatic hydroxyl groups is 2. The fourth-order valence-electron chi connectivity index (χ4n) is 5.39. The summed E-state index contributed by atoms with van der Waals surface area (Å²) in [5.74, 6) is 1.74. The van der Waals surface area contributed by atoms with Crippen LogP contribution in [-0.4, -0.2) is 10.2 Å². The molecule has 0 amide bonds. The van der Waals surface area contributed by atoms with Gasteiger partial charge in [0, 0.05) is 0 Å². The quantitative estimate of drug-likeness (QED) is 0.564. The van der Waals surface area contributed by atoms with E-state index in [9.17, 15) is 10.2 Å². The average Bonchev–Trinajstić information content (AvgIpc) is 2.50. The molecular formula is C21H30O2. The second kappa shape index (κ2) is 5.58. The van der Waals surface area contributed by atoms with E-state index in [1.165, 1.54) is 31.3 Å². The second-order valence-electron chi connectivity index (χ2n) is 8.40. The van der Waals surface area contributed by atoms with Crippen LogP contribution in [0.3, 0.4) is 0 Å². The first kappa shape index (κ1) is 16.4. The molecule has 1 aromatic rings. The molecule has 0 radical (unpaired) electrons. The maximum absolute atomic E-state index is 10.2. The largest absolute Gasteiger partial charge is 0.508 e. The molecule has 2 aliphatic carbocycles. The Kier molecular flexibility index (Phi) is 3.98. The zero-order chi connectivity index (χ0) is 16.8. The molecule has 0 bridgehead atoms. The van der Waals surface area contributed by atoms with Gasteiger partial charge in [0.1, 0.15) is 11.5 Å². The Bertz CT molecular complexity index is 620. The number of fused-ring (bicyclic) bond motifs is 1. The normalized spacial score (nSPS) is 37.4. The van der Waals surface area contributed by atoms with Crippen LogP contribution in [0.15, 0.2) is 30.4 Å². The monoisotopic (exact) mass is 314 g/mol. The van der Waals surface area contributed by atoms with E-state index < -0.39 is 0 Å². The summed E-state index contributed by atoms with van der Waals surface area (Å²) in [7, 11) is 0. The molecule has 0 saturated heterocycles. The highest BCUT2D eigenvalue weighted by atomic mass is 16.3. The summed E-state index contributed by atoms with van der Waals surface area (Å²) in [5, 5.41) is 20.1. The Morgan fingerprint density at radius 2 is 1.96 bits per heavy atom. The summed E-state index contributed by atoms with van der Waals surface area (Å²) in [5.41, 5.74) is 2.65. The fourth-order valence-corrected chi connectivity index (χ4v) is 5.39. The zero-order valence-electron chi connectivity index (χ0n) is 14.7. The van der Waals surface area contributed by atoms with Gasteiger partial charge in [-0.1, -0.05) is 32.9 Å². The van der Waals surface area contributed by atoms with Gasteiger partial charge in [-0.2, -0.15) is 0 Å². The van der Waals surface area contributed by atoms with Gasteiger partial charge in [0.05, 0.1) is 0 Å². The molecule has 0 spiro atoms. The Morgan fingerprint density at radius 1 is 1.22 bits per heavy atom. The highest BCUT2D eigenvalue weighted by Gasteiger charge is 2.53. The minimum Gasteiger partial charge on any atom is -0.508 e. The molecule has 23 heavy (non-hydrogen) atoms. The Morgan fingerprint density at radius 3 is 2.70 bits per heavy atom. The van der Waals surface area contributed by atoms with Crippen LogP contribution in [0.25, 0.3) is 0 Å². The van der Waals surface area contributed by atoms with Gasteiger partial charge in [0.15, 0.2) is 0 Å². The summed E-state index contributed by atoms with van der Waals surface area (Å²) in [6, 6.07) is 4.90. The van der Waals surface area contributed by atoms with Gasteiger partial charge in [0.2, 0.25) is 0 Å². The van der Waals surface area contributed by atoms with Crippen molar-refractivity contribution >= 4 is 0 Å². The SMILES string of the molecule is C=C1CCC[C@@H]2[C@@](C)(Cc3cc(O)ccc3O)C(C)CC[C@]12C. The van der Waals surface area contributed by atoms with Crippen molar-refractivity contribution in [1.29, 1.82) is 0 Å². The van der Waals surface area contributed by atoms with E-state index in [1.807, 2.05) is 0 Å². The predicted octanol–water partition coefficient (Wildman–Crippen LogP) is 5.44. The van der Waals surface area contributed by atoms with E-state index in [2.05, 4.69) is 27.4 Å². The number of phenolic OH excluding ortho intramolecular Hbond substituents is 2. The molecule has 0 aromatic heterocycles. The van der Waals surface area contributed by atoms with Gasteiger partial charge < -0.3 is 10.2 Å². The van der Waals surface area contributed by atoms with Gasteiger partial charge in [-0.25, -0.2) is 0 Å². The molecule has 2 fully saturated rings. The third kappa shape index (κ3) is 2.56. The van der Waals surface area contributed by atoms with Crippen LogP contribution in [0, 0.1) is 22.7 Å². The van der Waals surface area contributed by atoms with Gasteiger partial charge in [-0.3, -0.25) is 0 Å². The molecule has 1 unspecified atom stereocenters. The number of rotatable bonds is 2. The van der Waals surface area contributed by atoms with Gasteiger partial charge >= 0.3 is 0 Å². The molecule has 2 N–H and O–H groups in total. The molecule has 126 valence electrons. The smallest absolute Gasteiger partial charge is 0.119 e. The lowest BCUT2D eigenvalue weighted by molar-refractivity contribution is -0.0491. The molecule has 0 aliphatic heterocycles. The van der Waals surface area contributed by atoms with Crippen LogP contribution in [0.5, 0.6) is 11.5 Å². The summed E-state index contributed by atoms with van der Waals surface area (Å²) in [4.78, 5) is 0. The third-order valence-electron chi connectivity index (χ3n) is 7.20. The van der Waals surface area contributed by atoms with Crippen LogP contribution >= 0.6 is 0 Å². The van der Waals surface area contributed by atoms with Crippen molar-refractivity contribution in [3.8, 4) is 11.5 Å². The molecule has 1 aromatic carbocycles. The maximum Gasteiger partial charge on any atom is 0.119 e. The van der Waals surface area contributed by atoms with E-state index in [-0.39, 0.29) is 16.6 Å². The van der Waals surface area contributed by atoms with Gasteiger partial charge in [-0.05, 0) is 85.0 Å². The standard InChI is InChI=1S/C21H30O2/c1-14-6-5-7-19-20(14,3)11-10-15(2)21(19,4)13-16-12-17(22)8-9-18(16)23/h8-9,12,15,19,22-23H,1,5-7,10-11,13H2,2-4H3/t15?,19-,20+,21-/m0/s1. The van der Waals surface area contributed by atoms with Crippen LogP contribution in [0.4, 0.5) is 0 Å².